The summed E-state index contributed by atoms with van der Waals surface area (Å²) < 4.78 is 21.4. The second-order valence-electron chi connectivity index (χ2n) is 4.95. The van der Waals surface area contributed by atoms with Crippen LogP contribution < -0.4 is 0 Å². The Morgan fingerprint density at radius 2 is 2.00 bits per heavy atom. The molecule has 0 spiro atoms. The van der Waals surface area contributed by atoms with Crippen LogP contribution in [0.4, 0.5) is 0 Å². The van der Waals surface area contributed by atoms with Gasteiger partial charge in [-0.25, -0.2) is 19.5 Å². The Morgan fingerprint density at radius 1 is 1.29 bits per heavy atom. The number of phosphoric ester groups is 1. The number of phosphoric acid groups is 1. The fourth-order valence-electron chi connectivity index (χ4n) is 2.36. The van der Waals surface area contributed by atoms with Gasteiger partial charge in [-0.3, -0.25) is 9.09 Å². The minimum absolute atomic E-state index is 0.0632. The molecule has 3 rings (SSSR count). The van der Waals surface area contributed by atoms with E-state index in [1.165, 1.54) is 10.9 Å². The van der Waals surface area contributed by atoms with Crippen molar-refractivity contribution >= 4 is 30.6 Å². The number of rotatable bonds is 4. The van der Waals surface area contributed by atoms with Gasteiger partial charge in [0.25, 0.3) is 0 Å². The Kier molecular flexibility index (Phi) is 4.59. The van der Waals surface area contributed by atoms with Gasteiger partial charge in [0.05, 0.1) is 6.33 Å². The van der Waals surface area contributed by atoms with Crippen LogP contribution in [0.5, 0.6) is 0 Å². The number of hydrogen-bond acceptors (Lipinski definition) is 9. The predicted molar refractivity (Wildman–Crippen MR) is 75.4 cm³/mol. The minimum Gasteiger partial charge on any atom is -0.387 e. The number of hydrogen-bond donors (Lipinski definition) is 5. The van der Waals surface area contributed by atoms with Gasteiger partial charge < -0.3 is 29.8 Å². The summed E-state index contributed by atoms with van der Waals surface area (Å²) in [7, 11) is -5.03. The molecule has 0 saturated carbocycles. The van der Waals surface area contributed by atoms with Crippen LogP contribution in [0.1, 0.15) is 6.23 Å². The molecule has 1 aliphatic rings. The standard InChI is InChI=1S/C10H12ClN4O8P/c11-7-3-8(13-1-12-7)15(2-14-3)9-5(17)4(16)6(22-9)10(18)23-24(19,20)21/h1-2,4-6,9-10,16-18H,(H2,19,20,21)/t4-,5+,6-,9+,10?/m0/s1. The van der Waals surface area contributed by atoms with Crippen LogP contribution in [-0.2, 0) is 13.8 Å². The quantitative estimate of drug-likeness (QED) is 0.236. The summed E-state index contributed by atoms with van der Waals surface area (Å²) in [5, 5.41) is 29.8. The first kappa shape index (κ1) is 17.6. The lowest BCUT2D eigenvalue weighted by molar-refractivity contribution is -0.161. The van der Waals surface area contributed by atoms with Crippen molar-refractivity contribution in [1.82, 2.24) is 19.5 Å². The van der Waals surface area contributed by atoms with E-state index in [-0.39, 0.29) is 16.3 Å². The van der Waals surface area contributed by atoms with Crippen LogP contribution in [0.15, 0.2) is 12.7 Å². The molecule has 132 valence electrons. The van der Waals surface area contributed by atoms with E-state index in [4.69, 9.17) is 26.1 Å². The van der Waals surface area contributed by atoms with Crippen molar-refractivity contribution in [2.24, 2.45) is 0 Å². The predicted octanol–water partition coefficient (Wildman–Crippen LogP) is -1.47. The molecule has 2 aromatic heterocycles. The normalized spacial score (nSPS) is 29.2. The van der Waals surface area contributed by atoms with Gasteiger partial charge in [0, 0.05) is 0 Å². The van der Waals surface area contributed by atoms with E-state index in [1.54, 1.807) is 0 Å². The maximum atomic E-state index is 10.8. The highest BCUT2D eigenvalue weighted by molar-refractivity contribution is 7.46. The summed E-state index contributed by atoms with van der Waals surface area (Å²) >= 11 is 5.87. The Balaban J connectivity index is 1.89. The number of nitrogens with zero attached hydrogens (tertiary/aromatic N) is 4. The first-order valence-electron chi connectivity index (χ1n) is 6.45. The molecule has 14 heteroatoms. The number of fused-ring (bicyclic) bond motifs is 1. The van der Waals surface area contributed by atoms with Crippen molar-refractivity contribution in [3.05, 3.63) is 17.8 Å². The molecule has 1 unspecified atom stereocenters. The SMILES string of the molecule is O=P(O)(O)OC(O)[C@H]1O[C@@H](n2cnc3c(Cl)ncnc32)[C@H](O)[C@@H]1O. The van der Waals surface area contributed by atoms with E-state index < -0.39 is 38.7 Å². The summed E-state index contributed by atoms with van der Waals surface area (Å²) in [6, 6.07) is 0. The van der Waals surface area contributed by atoms with Crippen LogP contribution in [0.25, 0.3) is 11.2 Å². The lowest BCUT2D eigenvalue weighted by atomic mass is 10.1. The smallest absolute Gasteiger partial charge is 0.387 e. The van der Waals surface area contributed by atoms with Crippen LogP contribution >= 0.6 is 19.4 Å². The molecular formula is C10H12ClN4O8P. The summed E-state index contributed by atoms with van der Waals surface area (Å²) in [5.74, 6) is 0. The topological polar surface area (TPSA) is 180 Å². The maximum Gasteiger partial charge on any atom is 0.472 e. The summed E-state index contributed by atoms with van der Waals surface area (Å²) in [6.07, 6.45) is -5.91. The molecular weight excluding hydrogens is 371 g/mol. The van der Waals surface area contributed by atoms with Gasteiger partial charge in [-0.2, -0.15) is 0 Å². The largest absolute Gasteiger partial charge is 0.472 e. The highest BCUT2D eigenvalue weighted by Crippen LogP contribution is 2.41. The summed E-state index contributed by atoms with van der Waals surface area (Å²) in [4.78, 5) is 29.1. The molecule has 0 aliphatic carbocycles. The first-order chi connectivity index (χ1) is 11.2. The van der Waals surface area contributed by atoms with Crippen molar-refractivity contribution in [1.29, 1.82) is 0 Å². The second-order valence-corrected chi connectivity index (χ2v) is 6.50. The number of aliphatic hydroxyl groups excluding tert-OH is 3. The van der Waals surface area contributed by atoms with Crippen LogP contribution in [0, 0.1) is 0 Å². The van der Waals surface area contributed by atoms with Crippen molar-refractivity contribution in [2.45, 2.75) is 30.8 Å². The highest BCUT2D eigenvalue weighted by atomic mass is 35.5. The molecule has 5 atom stereocenters. The number of ether oxygens (including phenoxy) is 1. The molecule has 12 nitrogen and oxygen atoms in total. The molecule has 1 saturated heterocycles. The van der Waals surface area contributed by atoms with Gasteiger partial charge in [0.1, 0.15) is 30.2 Å². The second kappa shape index (κ2) is 6.26. The summed E-state index contributed by atoms with van der Waals surface area (Å²) in [6.45, 7) is 0. The zero-order valence-electron chi connectivity index (χ0n) is 11.6. The Bertz CT molecular complexity index is 798. The third-order valence-electron chi connectivity index (χ3n) is 3.39. The molecule has 3 heterocycles. The molecule has 2 aromatic rings. The number of aromatic nitrogens is 4. The van der Waals surface area contributed by atoms with Gasteiger partial charge in [0.15, 0.2) is 23.3 Å². The lowest BCUT2D eigenvalue weighted by Gasteiger charge is -2.21. The Hall–Kier alpha value is -1.21. The van der Waals surface area contributed by atoms with Crippen LogP contribution in [-0.4, -0.2) is 69.2 Å². The minimum atomic E-state index is -5.03. The monoisotopic (exact) mass is 382 g/mol. The van der Waals surface area contributed by atoms with Crippen molar-refractivity contribution in [3.8, 4) is 0 Å². The van der Waals surface area contributed by atoms with Crippen LogP contribution in [0.3, 0.4) is 0 Å². The third kappa shape index (κ3) is 3.16. The van der Waals surface area contributed by atoms with E-state index in [9.17, 15) is 19.9 Å². The number of halogens is 1. The van der Waals surface area contributed by atoms with E-state index in [0.29, 0.717) is 0 Å². The van der Waals surface area contributed by atoms with Gasteiger partial charge in [-0.1, -0.05) is 11.6 Å². The lowest BCUT2D eigenvalue weighted by Crippen LogP contribution is -2.39. The molecule has 1 aliphatic heterocycles. The van der Waals surface area contributed by atoms with Crippen molar-refractivity contribution in [3.63, 3.8) is 0 Å². The molecule has 1 fully saturated rings. The molecule has 0 amide bonds. The maximum absolute atomic E-state index is 10.8. The number of imidazole rings is 1. The Morgan fingerprint density at radius 3 is 2.67 bits per heavy atom. The molecule has 0 radical (unpaired) electrons. The Labute approximate surface area is 138 Å². The van der Waals surface area contributed by atoms with Gasteiger partial charge in [0.2, 0.25) is 0 Å². The van der Waals surface area contributed by atoms with E-state index >= 15 is 0 Å². The molecule has 0 aromatic carbocycles. The molecule has 5 N–H and O–H groups in total. The van der Waals surface area contributed by atoms with E-state index in [2.05, 4.69) is 19.5 Å². The van der Waals surface area contributed by atoms with Crippen LogP contribution in [0.2, 0.25) is 5.15 Å². The highest BCUT2D eigenvalue weighted by Gasteiger charge is 2.49. The van der Waals surface area contributed by atoms with Gasteiger partial charge in [-0.15, -0.1) is 0 Å². The number of aliphatic hydroxyl groups is 3. The van der Waals surface area contributed by atoms with Gasteiger partial charge >= 0.3 is 7.82 Å². The molecule has 0 bridgehead atoms. The molecule has 24 heavy (non-hydrogen) atoms. The zero-order chi connectivity index (χ0) is 17.6. The fourth-order valence-corrected chi connectivity index (χ4v) is 2.94. The van der Waals surface area contributed by atoms with Gasteiger partial charge in [-0.05, 0) is 0 Å². The summed E-state index contributed by atoms with van der Waals surface area (Å²) in [5.41, 5.74) is 0.414. The van der Waals surface area contributed by atoms with E-state index in [0.717, 1.165) is 6.33 Å². The average Bonchev–Trinajstić information content (AvgIpc) is 3.01. The van der Waals surface area contributed by atoms with E-state index in [1.807, 2.05) is 0 Å². The average molecular weight is 383 g/mol. The zero-order valence-corrected chi connectivity index (χ0v) is 13.3. The third-order valence-corrected chi connectivity index (χ3v) is 4.16. The fraction of sp³-hybridized carbons (Fsp3) is 0.500. The van der Waals surface area contributed by atoms with Crippen molar-refractivity contribution in [2.75, 3.05) is 0 Å². The van der Waals surface area contributed by atoms with Crippen molar-refractivity contribution < 1.29 is 38.9 Å². The first-order valence-corrected chi connectivity index (χ1v) is 8.36.